The summed E-state index contributed by atoms with van der Waals surface area (Å²) in [5.41, 5.74) is 1.64. The van der Waals surface area contributed by atoms with Crippen LogP contribution in [0.4, 0.5) is 17.1 Å². The molecule has 160 valence electrons. The van der Waals surface area contributed by atoms with E-state index in [1.54, 1.807) is 38.1 Å². The highest BCUT2D eigenvalue weighted by Gasteiger charge is 2.27. The minimum absolute atomic E-state index is 0.0151. The Labute approximate surface area is 175 Å². The summed E-state index contributed by atoms with van der Waals surface area (Å²) < 4.78 is 26.9. The molecule has 0 aliphatic carbocycles. The molecule has 0 aromatic heterocycles. The Morgan fingerprint density at radius 1 is 1.20 bits per heavy atom. The fraction of sp³-hybridized carbons (Fsp3) is 0.350. The van der Waals surface area contributed by atoms with Crippen LogP contribution >= 0.6 is 0 Å². The molecule has 0 fully saturated rings. The molecule has 0 saturated heterocycles. The van der Waals surface area contributed by atoms with E-state index in [1.807, 2.05) is 4.90 Å². The Hall–Kier alpha value is -2.98. The van der Waals surface area contributed by atoms with Crippen LogP contribution in [0.1, 0.15) is 19.4 Å². The maximum absolute atomic E-state index is 12.7. The molecule has 2 aromatic rings. The molecule has 1 aliphatic rings. The molecule has 3 rings (SSSR count). The molecule has 30 heavy (non-hydrogen) atoms. The van der Waals surface area contributed by atoms with Crippen molar-refractivity contribution in [2.45, 2.75) is 25.2 Å². The van der Waals surface area contributed by atoms with Gasteiger partial charge >= 0.3 is 0 Å². The van der Waals surface area contributed by atoms with Crippen molar-refractivity contribution in [3.63, 3.8) is 0 Å². The molecule has 0 saturated carbocycles. The van der Waals surface area contributed by atoms with Gasteiger partial charge in [0.1, 0.15) is 5.69 Å². The SMILES string of the molecule is CCN(CC)S(=O)(=O)c1ccc2c(c1)CCN2CC(=O)Nc1ccccc1[N+](=O)[O-]. The largest absolute Gasteiger partial charge is 0.362 e. The van der Waals surface area contributed by atoms with E-state index in [4.69, 9.17) is 0 Å². The number of fused-ring (bicyclic) bond motifs is 1. The van der Waals surface area contributed by atoms with Gasteiger partial charge in [-0.1, -0.05) is 26.0 Å². The standard InChI is InChI=1S/C20H24N4O5S/c1-3-23(4-2)30(28,29)16-9-10-18-15(13-16)11-12-22(18)14-20(25)21-17-7-5-6-8-19(17)24(26)27/h5-10,13H,3-4,11-12,14H2,1-2H3,(H,21,25). The first-order chi connectivity index (χ1) is 14.3. The van der Waals surface area contributed by atoms with Crippen molar-refractivity contribution in [3.8, 4) is 0 Å². The fourth-order valence-corrected chi connectivity index (χ4v) is 5.09. The maximum atomic E-state index is 12.7. The van der Waals surface area contributed by atoms with Crippen LogP contribution in [0.3, 0.4) is 0 Å². The number of anilines is 2. The zero-order valence-electron chi connectivity index (χ0n) is 16.9. The lowest BCUT2D eigenvalue weighted by Gasteiger charge is -2.21. The van der Waals surface area contributed by atoms with E-state index in [1.165, 1.54) is 22.5 Å². The lowest BCUT2D eigenvalue weighted by molar-refractivity contribution is -0.383. The predicted molar refractivity (Wildman–Crippen MR) is 114 cm³/mol. The first kappa shape index (κ1) is 21.7. The van der Waals surface area contributed by atoms with Gasteiger partial charge in [0.2, 0.25) is 15.9 Å². The monoisotopic (exact) mass is 432 g/mol. The van der Waals surface area contributed by atoms with Crippen molar-refractivity contribution in [1.29, 1.82) is 0 Å². The third kappa shape index (κ3) is 4.29. The van der Waals surface area contributed by atoms with Crippen LogP contribution in [0.5, 0.6) is 0 Å². The zero-order chi connectivity index (χ0) is 21.9. The van der Waals surface area contributed by atoms with Crippen LogP contribution in [-0.4, -0.2) is 49.7 Å². The highest BCUT2D eigenvalue weighted by molar-refractivity contribution is 7.89. The molecule has 10 heteroatoms. The number of amides is 1. The lowest BCUT2D eigenvalue weighted by atomic mass is 10.2. The van der Waals surface area contributed by atoms with Crippen LogP contribution in [0, 0.1) is 10.1 Å². The Morgan fingerprint density at radius 3 is 2.57 bits per heavy atom. The minimum Gasteiger partial charge on any atom is -0.362 e. The molecule has 0 radical (unpaired) electrons. The number of nitrogens with zero attached hydrogens (tertiary/aromatic N) is 3. The molecule has 2 aromatic carbocycles. The summed E-state index contributed by atoms with van der Waals surface area (Å²) in [7, 11) is -3.55. The second kappa shape index (κ2) is 8.80. The molecule has 1 amide bonds. The number of nitro benzene ring substituents is 1. The zero-order valence-corrected chi connectivity index (χ0v) is 17.7. The van der Waals surface area contributed by atoms with Crippen molar-refractivity contribution < 1.29 is 18.1 Å². The van der Waals surface area contributed by atoms with E-state index < -0.39 is 14.9 Å². The van der Waals surface area contributed by atoms with Crippen molar-refractivity contribution >= 4 is 33.0 Å². The van der Waals surface area contributed by atoms with Crippen molar-refractivity contribution in [2.75, 3.05) is 36.4 Å². The molecule has 9 nitrogen and oxygen atoms in total. The number of hydrogen-bond acceptors (Lipinski definition) is 6. The van der Waals surface area contributed by atoms with Crippen molar-refractivity contribution in [2.24, 2.45) is 0 Å². The van der Waals surface area contributed by atoms with Crippen LogP contribution in [0.15, 0.2) is 47.4 Å². The van der Waals surface area contributed by atoms with Gasteiger partial charge in [-0.2, -0.15) is 4.31 Å². The summed E-state index contributed by atoms with van der Waals surface area (Å²) >= 11 is 0. The first-order valence-electron chi connectivity index (χ1n) is 9.69. The molecular formula is C20H24N4O5S. The van der Waals surface area contributed by atoms with E-state index in [0.717, 1.165) is 11.3 Å². The minimum atomic E-state index is -3.55. The van der Waals surface area contributed by atoms with E-state index >= 15 is 0 Å². The number of hydrogen-bond donors (Lipinski definition) is 1. The third-order valence-electron chi connectivity index (χ3n) is 5.10. The topological polar surface area (TPSA) is 113 Å². The average molecular weight is 433 g/mol. The highest BCUT2D eigenvalue weighted by Crippen LogP contribution is 2.31. The number of benzene rings is 2. The van der Waals surface area contributed by atoms with Gasteiger partial charge in [0.25, 0.3) is 5.69 Å². The Kier molecular flexibility index (Phi) is 6.37. The van der Waals surface area contributed by atoms with Gasteiger partial charge < -0.3 is 10.2 Å². The van der Waals surface area contributed by atoms with Gasteiger partial charge in [-0.15, -0.1) is 0 Å². The molecule has 1 N–H and O–H groups in total. The van der Waals surface area contributed by atoms with E-state index in [-0.39, 0.29) is 28.7 Å². The van der Waals surface area contributed by atoms with Gasteiger partial charge in [0.15, 0.2) is 0 Å². The van der Waals surface area contributed by atoms with Crippen LogP contribution < -0.4 is 10.2 Å². The molecular weight excluding hydrogens is 408 g/mol. The molecule has 0 bridgehead atoms. The Bertz CT molecular complexity index is 1070. The number of sulfonamides is 1. The molecule has 0 spiro atoms. The number of carbonyl (C=O) groups is 1. The number of rotatable bonds is 8. The van der Waals surface area contributed by atoms with Crippen LogP contribution in [-0.2, 0) is 21.2 Å². The van der Waals surface area contributed by atoms with E-state index in [0.29, 0.717) is 26.1 Å². The van der Waals surface area contributed by atoms with Crippen LogP contribution in [0.25, 0.3) is 0 Å². The van der Waals surface area contributed by atoms with Crippen molar-refractivity contribution in [3.05, 3.63) is 58.1 Å². The highest BCUT2D eigenvalue weighted by atomic mass is 32.2. The quantitative estimate of drug-likeness (QED) is 0.507. The van der Waals surface area contributed by atoms with Gasteiger partial charge in [0.05, 0.1) is 16.4 Å². The number of para-hydroxylation sites is 2. The predicted octanol–water partition coefficient (Wildman–Crippen LogP) is 2.63. The molecule has 1 heterocycles. The summed E-state index contributed by atoms with van der Waals surface area (Å²) in [5, 5.41) is 13.7. The second-order valence-electron chi connectivity index (χ2n) is 6.87. The lowest BCUT2D eigenvalue weighted by Crippen LogP contribution is -2.32. The van der Waals surface area contributed by atoms with Crippen molar-refractivity contribution in [1.82, 2.24) is 4.31 Å². The Balaban J connectivity index is 1.75. The Morgan fingerprint density at radius 2 is 1.90 bits per heavy atom. The summed E-state index contributed by atoms with van der Waals surface area (Å²) in [6, 6.07) is 10.9. The van der Waals surface area contributed by atoms with Gasteiger partial charge in [-0.3, -0.25) is 14.9 Å². The number of carbonyl (C=O) groups excluding carboxylic acids is 1. The van der Waals surface area contributed by atoms with Gasteiger partial charge in [-0.05, 0) is 36.2 Å². The van der Waals surface area contributed by atoms with E-state index in [9.17, 15) is 23.3 Å². The number of nitrogens with one attached hydrogen (secondary N) is 1. The average Bonchev–Trinajstić information content (AvgIpc) is 3.11. The van der Waals surface area contributed by atoms with E-state index in [2.05, 4.69) is 5.32 Å². The fourth-order valence-electron chi connectivity index (χ4n) is 3.59. The molecule has 1 aliphatic heterocycles. The summed E-state index contributed by atoms with van der Waals surface area (Å²) in [6.07, 6.45) is 0.621. The third-order valence-corrected chi connectivity index (χ3v) is 7.14. The normalized spacial score (nSPS) is 13.4. The van der Waals surface area contributed by atoms with Crippen LogP contribution in [0.2, 0.25) is 0 Å². The molecule has 0 unspecified atom stereocenters. The second-order valence-corrected chi connectivity index (χ2v) is 8.81. The summed E-state index contributed by atoms with van der Waals surface area (Å²) in [5.74, 6) is -0.378. The van der Waals surface area contributed by atoms with Gasteiger partial charge in [0, 0.05) is 31.4 Å². The smallest absolute Gasteiger partial charge is 0.292 e. The van der Waals surface area contributed by atoms with Gasteiger partial charge in [-0.25, -0.2) is 8.42 Å². The molecule has 0 atom stereocenters. The summed E-state index contributed by atoms with van der Waals surface area (Å²) in [6.45, 7) is 4.97. The first-order valence-corrected chi connectivity index (χ1v) is 11.1. The summed E-state index contributed by atoms with van der Waals surface area (Å²) in [4.78, 5) is 25.1. The maximum Gasteiger partial charge on any atom is 0.292 e. The number of nitro groups is 1.